The number of aromatic nitrogens is 1. The van der Waals surface area contributed by atoms with Gasteiger partial charge in [-0.05, 0) is 30.2 Å². The van der Waals surface area contributed by atoms with Crippen LogP contribution in [0.2, 0.25) is 0 Å². The van der Waals surface area contributed by atoms with Crippen LogP contribution in [0.15, 0.2) is 28.7 Å². The summed E-state index contributed by atoms with van der Waals surface area (Å²) in [6, 6.07) is 4.11. The number of thiazole rings is 1. The Morgan fingerprint density at radius 1 is 1.28 bits per heavy atom. The van der Waals surface area contributed by atoms with Gasteiger partial charge in [0, 0.05) is 24.7 Å². The minimum Gasteiger partial charge on any atom is -0.352 e. The summed E-state index contributed by atoms with van der Waals surface area (Å²) >= 11 is 1.55. The highest BCUT2D eigenvalue weighted by molar-refractivity contribution is 7.89. The fourth-order valence-corrected chi connectivity index (χ4v) is 3.81. The van der Waals surface area contributed by atoms with E-state index in [1.807, 2.05) is 6.92 Å². The predicted octanol–water partition coefficient (Wildman–Crippen LogP) is 2.00. The Bertz CT molecular complexity index is 863. The number of hydrogen-bond acceptors (Lipinski definition) is 5. The largest absolute Gasteiger partial charge is 0.352 e. The van der Waals surface area contributed by atoms with E-state index in [1.165, 1.54) is 18.2 Å². The lowest BCUT2D eigenvalue weighted by molar-refractivity contribution is 0.599. The van der Waals surface area contributed by atoms with Gasteiger partial charge in [0.15, 0.2) is 15.8 Å². The molecule has 25 heavy (non-hydrogen) atoms. The maximum absolute atomic E-state index is 13.5. The number of rotatable bonds is 6. The molecule has 2 N–H and O–H groups in total. The molecule has 0 aliphatic rings. The summed E-state index contributed by atoms with van der Waals surface area (Å²) in [5, 5.41) is 6.25. The lowest BCUT2D eigenvalue weighted by Gasteiger charge is -2.14. The van der Waals surface area contributed by atoms with Gasteiger partial charge in [0.05, 0.1) is 23.5 Å². The summed E-state index contributed by atoms with van der Waals surface area (Å²) in [4.78, 5) is 9.42. The van der Waals surface area contributed by atoms with E-state index in [0.29, 0.717) is 23.6 Å². The molecule has 0 bridgehead atoms. The molecule has 1 aromatic carbocycles. The monoisotopic (exact) mass is 384 g/mol. The number of nitrogens with zero attached hydrogens (tertiary/aromatic N) is 2. The number of aliphatic imine (C=N–C) groups is 1. The second-order valence-corrected chi connectivity index (χ2v) is 8.70. The van der Waals surface area contributed by atoms with Gasteiger partial charge in [-0.3, -0.25) is 4.99 Å². The highest BCUT2D eigenvalue weighted by Crippen LogP contribution is 2.15. The van der Waals surface area contributed by atoms with Crippen molar-refractivity contribution in [3.05, 3.63) is 51.2 Å². The predicted molar refractivity (Wildman–Crippen MR) is 98.8 cm³/mol. The zero-order chi connectivity index (χ0) is 18.4. The van der Waals surface area contributed by atoms with Gasteiger partial charge in [0.25, 0.3) is 0 Å². The van der Waals surface area contributed by atoms with E-state index in [1.54, 1.807) is 23.9 Å². The van der Waals surface area contributed by atoms with Gasteiger partial charge in [0.1, 0.15) is 5.82 Å². The van der Waals surface area contributed by atoms with E-state index < -0.39 is 15.7 Å². The summed E-state index contributed by atoms with van der Waals surface area (Å²) < 4.78 is 36.6. The molecule has 0 aliphatic heterocycles. The number of halogens is 1. The van der Waals surface area contributed by atoms with Crippen molar-refractivity contribution in [1.29, 1.82) is 0 Å². The standard InChI is InChI=1S/C16H21FN4O2S2/c1-11-15(24-10-21-11)8-20-16(18-2)19-7-13-6-14(17)5-4-12(13)9-25(3,22)23/h4-6,10H,7-9H2,1-3H3,(H2,18,19,20). The van der Waals surface area contributed by atoms with Crippen LogP contribution in [0.5, 0.6) is 0 Å². The summed E-state index contributed by atoms with van der Waals surface area (Å²) in [6.45, 7) is 2.79. The third-order valence-corrected chi connectivity index (χ3v) is 5.29. The van der Waals surface area contributed by atoms with Crippen molar-refractivity contribution < 1.29 is 12.8 Å². The molecule has 0 unspecified atom stereocenters. The number of sulfone groups is 1. The Balaban J connectivity index is 2.03. The Morgan fingerprint density at radius 3 is 2.60 bits per heavy atom. The van der Waals surface area contributed by atoms with Crippen molar-refractivity contribution in [2.45, 2.75) is 25.8 Å². The van der Waals surface area contributed by atoms with E-state index in [-0.39, 0.29) is 12.3 Å². The molecule has 0 saturated heterocycles. The highest BCUT2D eigenvalue weighted by atomic mass is 32.2. The Morgan fingerprint density at radius 2 is 2.00 bits per heavy atom. The van der Waals surface area contributed by atoms with Crippen LogP contribution >= 0.6 is 11.3 Å². The molecule has 0 atom stereocenters. The first-order valence-corrected chi connectivity index (χ1v) is 10.5. The van der Waals surface area contributed by atoms with E-state index in [9.17, 15) is 12.8 Å². The van der Waals surface area contributed by atoms with Crippen LogP contribution in [0.3, 0.4) is 0 Å². The fraction of sp³-hybridized carbons (Fsp3) is 0.375. The van der Waals surface area contributed by atoms with E-state index in [0.717, 1.165) is 16.8 Å². The van der Waals surface area contributed by atoms with Crippen molar-refractivity contribution in [3.63, 3.8) is 0 Å². The molecule has 0 fully saturated rings. The van der Waals surface area contributed by atoms with Gasteiger partial charge >= 0.3 is 0 Å². The van der Waals surface area contributed by atoms with Crippen LogP contribution in [0.1, 0.15) is 21.7 Å². The number of hydrogen-bond donors (Lipinski definition) is 2. The first-order chi connectivity index (χ1) is 11.8. The van der Waals surface area contributed by atoms with Crippen molar-refractivity contribution in [1.82, 2.24) is 15.6 Å². The van der Waals surface area contributed by atoms with Gasteiger partial charge in [0.2, 0.25) is 0 Å². The molecule has 0 spiro atoms. The third kappa shape index (κ3) is 6.09. The Kier molecular flexibility index (Phi) is 6.49. The normalized spacial score (nSPS) is 12.2. The maximum atomic E-state index is 13.5. The van der Waals surface area contributed by atoms with E-state index in [4.69, 9.17) is 0 Å². The van der Waals surface area contributed by atoms with Gasteiger partial charge in [-0.1, -0.05) is 6.07 Å². The number of nitrogens with one attached hydrogen (secondary N) is 2. The first kappa shape index (κ1) is 19.3. The molecule has 0 amide bonds. The van der Waals surface area contributed by atoms with Crippen molar-refractivity contribution in [2.75, 3.05) is 13.3 Å². The van der Waals surface area contributed by atoms with Crippen LogP contribution in [-0.2, 0) is 28.7 Å². The zero-order valence-electron chi connectivity index (χ0n) is 14.3. The lowest BCUT2D eigenvalue weighted by atomic mass is 10.1. The van der Waals surface area contributed by atoms with E-state index in [2.05, 4.69) is 20.6 Å². The molecule has 1 heterocycles. The first-order valence-electron chi connectivity index (χ1n) is 7.57. The number of guanidine groups is 1. The molecular formula is C16H21FN4O2S2. The van der Waals surface area contributed by atoms with Gasteiger partial charge in [-0.25, -0.2) is 17.8 Å². The summed E-state index contributed by atoms with van der Waals surface area (Å²) in [5.74, 6) is 0.00998. The quantitative estimate of drug-likeness (QED) is 0.588. The average Bonchev–Trinajstić information content (AvgIpc) is 2.94. The smallest absolute Gasteiger partial charge is 0.191 e. The van der Waals surface area contributed by atoms with Crippen molar-refractivity contribution >= 4 is 27.1 Å². The van der Waals surface area contributed by atoms with Crippen LogP contribution in [0, 0.1) is 12.7 Å². The average molecular weight is 385 g/mol. The maximum Gasteiger partial charge on any atom is 0.191 e. The SMILES string of the molecule is CN=C(NCc1cc(F)ccc1CS(C)(=O)=O)NCc1scnc1C. The second kappa shape index (κ2) is 8.39. The summed E-state index contributed by atoms with van der Waals surface area (Å²) in [7, 11) is -1.57. The molecule has 0 radical (unpaired) electrons. The van der Waals surface area contributed by atoms with Crippen LogP contribution in [0.4, 0.5) is 4.39 Å². The molecule has 6 nitrogen and oxygen atoms in total. The van der Waals surface area contributed by atoms with E-state index >= 15 is 0 Å². The molecule has 136 valence electrons. The molecule has 1 aromatic heterocycles. The number of aryl methyl sites for hydroxylation is 1. The minimum atomic E-state index is -3.20. The summed E-state index contributed by atoms with van der Waals surface area (Å²) in [5.41, 5.74) is 3.91. The van der Waals surface area contributed by atoms with Crippen LogP contribution < -0.4 is 10.6 Å². The van der Waals surface area contributed by atoms with Crippen LogP contribution in [-0.4, -0.2) is 32.7 Å². The number of benzene rings is 1. The molecule has 0 saturated carbocycles. The second-order valence-electron chi connectivity index (χ2n) is 5.62. The zero-order valence-corrected chi connectivity index (χ0v) is 16.0. The molecule has 9 heteroatoms. The van der Waals surface area contributed by atoms with Gasteiger partial charge in [-0.2, -0.15) is 0 Å². The fourth-order valence-electron chi connectivity index (χ4n) is 2.24. The lowest BCUT2D eigenvalue weighted by Crippen LogP contribution is -2.36. The van der Waals surface area contributed by atoms with Gasteiger partial charge in [-0.15, -0.1) is 11.3 Å². The topological polar surface area (TPSA) is 83.5 Å². The summed E-state index contributed by atoms with van der Waals surface area (Å²) in [6.07, 6.45) is 1.16. The molecule has 0 aliphatic carbocycles. The van der Waals surface area contributed by atoms with Crippen molar-refractivity contribution in [3.8, 4) is 0 Å². The van der Waals surface area contributed by atoms with Crippen LogP contribution in [0.25, 0.3) is 0 Å². The molecular weight excluding hydrogens is 363 g/mol. The van der Waals surface area contributed by atoms with Gasteiger partial charge < -0.3 is 10.6 Å². The Labute approximate surface area is 151 Å². The molecule has 2 rings (SSSR count). The Hall–Kier alpha value is -2.00. The third-order valence-electron chi connectivity index (χ3n) is 3.52. The van der Waals surface area contributed by atoms with Crippen molar-refractivity contribution in [2.24, 2.45) is 4.99 Å². The molecule has 2 aromatic rings. The highest BCUT2D eigenvalue weighted by Gasteiger charge is 2.11. The minimum absolute atomic E-state index is 0.129.